The molecule has 7 heteroatoms. The number of aromatic hydroxyl groups is 1. The summed E-state index contributed by atoms with van der Waals surface area (Å²) in [5, 5.41) is 15.5. The van der Waals surface area contributed by atoms with Crippen molar-refractivity contribution in [1.82, 2.24) is 0 Å². The number of halogens is 1. The van der Waals surface area contributed by atoms with Crippen molar-refractivity contribution in [3.63, 3.8) is 0 Å². The van der Waals surface area contributed by atoms with E-state index in [4.69, 9.17) is 9.47 Å². The van der Waals surface area contributed by atoms with Gasteiger partial charge in [-0.1, -0.05) is 33.6 Å². The molecule has 0 heterocycles. The molecule has 3 aromatic carbocycles. The molecule has 0 spiro atoms. The van der Waals surface area contributed by atoms with Crippen molar-refractivity contribution in [2.45, 2.75) is 13.5 Å². The highest BCUT2D eigenvalue weighted by molar-refractivity contribution is 9.10. The van der Waals surface area contributed by atoms with Gasteiger partial charge in [-0.3, -0.25) is 4.79 Å². The number of aryl methyl sites for hydroxylation is 1. The van der Waals surface area contributed by atoms with Crippen molar-refractivity contribution in [2.24, 2.45) is 0 Å². The fraction of sp³-hybridized carbons (Fsp3) is 0.174. The fourth-order valence-corrected chi connectivity index (χ4v) is 3.20. The quantitative estimate of drug-likeness (QED) is 0.399. The van der Waals surface area contributed by atoms with Crippen molar-refractivity contribution in [1.29, 1.82) is 0 Å². The first-order chi connectivity index (χ1) is 14.4. The Bertz CT molecular complexity index is 1000. The average molecular weight is 471 g/mol. The molecule has 0 bridgehead atoms. The van der Waals surface area contributed by atoms with E-state index in [9.17, 15) is 9.90 Å². The number of phenolic OH excluding ortho intramolecular Hbond substituents is 1. The first kappa shape index (κ1) is 21.5. The van der Waals surface area contributed by atoms with Crippen LogP contribution in [-0.2, 0) is 11.3 Å². The molecule has 0 aliphatic heterocycles. The summed E-state index contributed by atoms with van der Waals surface area (Å²) >= 11 is 3.55. The van der Waals surface area contributed by atoms with E-state index in [0.717, 1.165) is 27.0 Å². The molecule has 0 fully saturated rings. The van der Waals surface area contributed by atoms with Gasteiger partial charge in [0.1, 0.15) is 5.75 Å². The molecular formula is C23H23BrN2O4. The van der Waals surface area contributed by atoms with Gasteiger partial charge in [-0.2, -0.15) is 0 Å². The zero-order valence-electron chi connectivity index (χ0n) is 16.7. The van der Waals surface area contributed by atoms with Gasteiger partial charge in [-0.05, 0) is 61.0 Å². The molecule has 0 radical (unpaired) electrons. The summed E-state index contributed by atoms with van der Waals surface area (Å²) in [6, 6.07) is 18.0. The minimum Gasteiger partial charge on any atom is -0.508 e. The van der Waals surface area contributed by atoms with Crippen molar-refractivity contribution in [3.8, 4) is 17.2 Å². The second kappa shape index (κ2) is 10.0. The molecule has 30 heavy (non-hydrogen) atoms. The normalized spacial score (nSPS) is 10.4. The standard InChI is InChI=1S/C23H23BrN2O4/c1-15-3-5-18(6-4-15)26-23(28)14-30-22-12-20(24)16(11-21(22)29-2)13-25-17-7-9-19(27)10-8-17/h3-12,25,27H,13-14H2,1-2H3,(H,26,28). The highest BCUT2D eigenvalue weighted by atomic mass is 79.9. The fourth-order valence-electron chi connectivity index (χ4n) is 2.74. The molecular weight excluding hydrogens is 448 g/mol. The Kier molecular flexibility index (Phi) is 7.19. The van der Waals surface area contributed by atoms with E-state index in [1.807, 2.05) is 37.3 Å². The molecule has 0 aromatic heterocycles. The van der Waals surface area contributed by atoms with Crippen LogP contribution in [0, 0.1) is 6.92 Å². The second-order valence-electron chi connectivity index (χ2n) is 6.70. The summed E-state index contributed by atoms with van der Waals surface area (Å²) in [6.07, 6.45) is 0. The minimum absolute atomic E-state index is 0.137. The van der Waals surface area contributed by atoms with Crippen molar-refractivity contribution >= 4 is 33.2 Å². The second-order valence-corrected chi connectivity index (χ2v) is 7.55. The number of hydrogen-bond acceptors (Lipinski definition) is 5. The van der Waals surface area contributed by atoms with Crippen LogP contribution < -0.4 is 20.1 Å². The third kappa shape index (κ3) is 5.90. The van der Waals surface area contributed by atoms with Crippen LogP contribution in [0.3, 0.4) is 0 Å². The summed E-state index contributed by atoms with van der Waals surface area (Å²) in [5.74, 6) is 0.965. The number of carbonyl (C=O) groups excluding carboxylic acids is 1. The Labute approximate surface area is 184 Å². The first-order valence-electron chi connectivity index (χ1n) is 9.33. The van der Waals surface area contributed by atoms with Gasteiger partial charge in [-0.25, -0.2) is 0 Å². The van der Waals surface area contributed by atoms with E-state index in [-0.39, 0.29) is 18.3 Å². The number of methoxy groups -OCH3 is 1. The number of nitrogens with one attached hydrogen (secondary N) is 2. The highest BCUT2D eigenvalue weighted by Gasteiger charge is 2.12. The number of phenols is 1. The Balaban J connectivity index is 1.62. The summed E-state index contributed by atoms with van der Waals surface area (Å²) < 4.78 is 11.9. The predicted molar refractivity (Wildman–Crippen MR) is 121 cm³/mol. The number of rotatable bonds is 8. The van der Waals surface area contributed by atoms with Crippen LogP contribution in [0.25, 0.3) is 0 Å². The molecule has 0 aliphatic rings. The number of benzene rings is 3. The number of carbonyl (C=O) groups is 1. The minimum atomic E-state index is -0.255. The number of amides is 1. The van der Waals surface area contributed by atoms with Gasteiger partial charge in [0.05, 0.1) is 7.11 Å². The lowest BCUT2D eigenvalue weighted by molar-refractivity contribution is -0.118. The van der Waals surface area contributed by atoms with Gasteiger partial charge in [0.2, 0.25) is 0 Å². The number of ether oxygens (including phenoxy) is 2. The molecule has 156 valence electrons. The molecule has 6 nitrogen and oxygen atoms in total. The maximum Gasteiger partial charge on any atom is 0.262 e. The zero-order valence-corrected chi connectivity index (χ0v) is 18.3. The Morgan fingerprint density at radius 3 is 2.33 bits per heavy atom. The van der Waals surface area contributed by atoms with E-state index in [0.29, 0.717) is 18.0 Å². The monoisotopic (exact) mass is 470 g/mol. The summed E-state index contributed by atoms with van der Waals surface area (Å²) in [6.45, 7) is 2.39. The lowest BCUT2D eigenvalue weighted by atomic mass is 10.2. The van der Waals surface area contributed by atoms with Crippen LogP contribution >= 0.6 is 15.9 Å². The summed E-state index contributed by atoms with van der Waals surface area (Å²) in [5.41, 5.74) is 3.68. The third-order valence-corrected chi connectivity index (χ3v) is 5.12. The molecule has 3 N–H and O–H groups in total. The van der Waals surface area contributed by atoms with Crippen LogP contribution in [0.15, 0.2) is 65.1 Å². The number of hydrogen-bond donors (Lipinski definition) is 3. The number of anilines is 2. The zero-order chi connectivity index (χ0) is 21.5. The predicted octanol–water partition coefficient (Wildman–Crippen LogP) is 5.10. The molecule has 3 aromatic rings. The van der Waals surface area contributed by atoms with E-state index in [1.54, 1.807) is 37.4 Å². The van der Waals surface area contributed by atoms with Gasteiger partial charge in [0, 0.05) is 22.4 Å². The topological polar surface area (TPSA) is 79.8 Å². The van der Waals surface area contributed by atoms with Gasteiger partial charge in [-0.15, -0.1) is 0 Å². The van der Waals surface area contributed by atoms with Gasteiger partial charge >= 0.3 is 0 Å². The first-order valence-corrected chi connectivity index (χ1v) is 10.1. The Morgan fingerprint density at radius 1 is 1.00 bits per heavy atom. The van der Waals surface area contributed by atoms with Crippen LogP contribution in [0.2, 0.25) is 0 Å². The van der Waals surface area contributed by atoms with Crippen LogP contribution in [0.1, 0.15) is 11.1 Å². The molecule has 3 rings (SSSR count). The van der Waals surface area contributed by atoms with Crippen molar-refractivity contribution in [2.75, 3.05) is 24.4 Å². The highest BCUT2D eigenvalue weighted by Crippen LogP contribution is 2.34. The molecule has 0 saturated heterocycles. The largest absolute Gasteiger partial charge is 0.508 e. The average Bonchev–Trinajstić information content (AvgIpc) is 2.74. The molecule has 1 amide bonds. The smallest absolute Gasteiger partial charge is 0.262 e. The lowest BCUT2D eigenvalue weighted by Crippen LogP contribution is -2.20. The van der Waals surface area contributed by atoms with Crippen LogP contribution in [0.5, 0.6) is 17.2 Å². The molecule has 0 atom stereocenters. The summed E-state index contributed by atoms with van der Waals surface area (Å²) in [4.78, 5) is 12.2. The molecule has 0 unspecified atom stereocenters. The van der Waals surface area contributed by atoms with E-state index >= 15 is 0 Å². The van der Waals surface area contributed by atoms with Crippen LogP contribution in [-0.4, -0.2) is 24.7 Å². The van der Waals surface area contributed by atoms with Gasteiger partial charge in [0.15, 0.2) is 18.1 Å². The van der Waals surface area contributed by atoms with Gasteiger partial charge < -0.3 is 25.2 Å². The maximum absolute atomic E-state index is 12.2. The van der Waals surface area contributed by atoms with E-state index in [2.05, 4.69) is 26.6 Å². The SMILES string of the molecule is COc1cc(CNc2ccc(O)cc2)c(Br)cc1OCC(=O)Nc1ccc(C)cc1. The molecule has 0 saturated carbocycles. The van der Waals surface area contributed by atoms with Gasteiger partial charge in [0.25, 0.3) is 5.91 Å². The van der Waals surface area contributed by atoms with Crippen molar-refractivity contribution < 1.29 is 19.4 Å². The third-order valence-electron chi connectivity index (χ3n) is 4.38. The molecule has 0 aliphatic carbocycles. The Hall–Kier alpha value is -3.19. The maximum atomic E-state index is 12.2. The Morgan fingerprint density at radius 2 is 1.67 bits per heavy atom. The van der Waals surface area contributed by atoms with Crippen molar-refractivity contribution in [3.05, 3.63) is 76.3 Å². The lowest BCUT2D eigenvalue weighted by Gasteiger charge is -2.15. The van der Waals surface area contributed by atoms with Crippen LogP contribution in [0.4, 0.5) is 11.4 Å². The summed E-state index contributed by atoms with van der Waals surface area (Å²) in [7, 11) is 1.56. The van der Waals surface area contributed by atoms with E-state index in [1.165, 1.54) is 0 Å². The van der Waals surface area contributed by atoms with E-state index < -0.39 is 0 Å².